The molecule has 3 rings (SSSR count). The van der Waals surface area contributed by atoms with Crippen LogP contribution >= 0.6 is 11.8 Å². The second-order valence-electron chi connectivity index (χ2n) is 3.95. The van der Waals surface area contributed by atoms with E-state index >= 15 is 0 Å². The Labute approximate surface area is 115 Å². The molecule has 5 heteroatoms. The molecule has 0 unspecified atom stereocenters. The van der Waals surface area contributed by atoms with Crippen LogP contribution in [0.3, 0.4) is 0 Å². The first-order valence-electron chi connectivity index (χ1n) is 5.90. The highest BCUT2D eigenvalue weighted by Crippen LogP contribution is 2.19. The van der Waals surface area contributed by atoms with Gasteiger partial charge < -0.3 is 0 Å². The average molecular weight is 268 g/mol. The van der Waals surface area contributed by atoms with Crippen molar-refractivity contribution in [3.63, 3.8) is 0 Å². The normalized spacial score (nSPS) is 10.5. The Bertz CT molecular complexity index is 637. The van der Waals surface area contributed by atoms with Crippen molar-refractivity contribution in [3.05, 3.63) is 66.7 Å². The molecule has 1 aromatic carbocycles. The Morgan fingerprint density at radius 3 is 2.58 bits per heavy atom. The van der Waals surface area contributed by atoms with Gasteiger partial charge in [0.25, 0.3) is 0 Å². The maximum atomic E-state index is 4.45. The van der Waals surface area contributed by atoms with Gasteiger partial charge in [-0.1, -0.05) is 30.0 Å². The van der Waals surface area contributed by atoms with Crippen molar-refractivity contribution in [1.82, 2.24) is 19.7 Å². The molecule has 0 N–H and O–H groups in total. The van der Waals surface area contributed by atoms with Gasteiger partial charge in [0.15, 0.2) is 0 Å². The van der Waals surface area contributed by atoms with E-state index in [1.807, 2.05) is 42.5 Å². The van der Waals surface area contributed by atoms with E-state index in [1.54, 1.807) is 35.2 Å². The van der Waals surface area contributed by atoms with Crippen molar-refractivity contribution >= 4 is 11.8 Å². The molecule has 4 nitrogen and oxygen atoms in total. The molecule has 2 heterocycles. The average Bonchev–Trinajstić information content (AvgIpc) is 2.96. The molecular formula is C14H12N4S. The predicted molar refractivity (Wildman–Crippen MR) is 75.2 cm³/mol. The van der Waals surface area contributed by atoms with Gasteiger partial charge in [-0.05, 0) is 29.8 Å². The van der Waals surface area contributed by atoms with Gasteiger partial charge in [-0.15, -0.1) is 5.10 Å². The van der Waals surface area contributed by atoms with Crippen molar-refractivity contribution in [3.8, 4) is 5.69 Å². The lowest BCUT2D eigenvalue weighted by Gasteiger charge is -1.98. The Kier molecular flexibility index (Phi) is 3.56. The van der Waals surface area contributed by atoms with Gasteiger partial charge in [0, 0.05) is 18.1 Å². The molecule has 0 spiro atoms. The minimum Gasteiger partial charge on any atom is -0.265 e. The molecule has 0 bridgehead atoms. The summed E-state index contributed by atoms with van der Waals surface area (Å²) in [7, 11) is 0. The molecule has 2 aromatic heterocycles. The second-order valence-corrected chi connectivity index (χ2v) is 4.89. The second kappa shape index (κ2) is 5.67. The van der Waals surface area contributed by atoms with Crippen LogP contribution in [0.4, 0.5) is 0 Å². The van der Waals surface area contributed by atoms with Gasteiger partial charge in [0.05, 0.1) is 5.69 Å². The summed E-state index contributed by atoms with van der Waals surface area (Å²) in [5.41, 5.74) is 2.24. The van der Waals surface area contributed by atoms with Crippen LogP contribution in [0, 0.1) is 0 Å². The molecule has 0 aliphatic heterocycles. The van der Waals surface area contributed by atoms with E-state index < -0.39 is 0 Å². The van der Waals surface area contributed by atoms with Crippen molar-refractivity contribution < 1.29 is 0 Å². The first-order chi connectivity index (χ1) is 9.42. The lowest BCUT2D eigenvalue weighted by molar-refractivity contribution is 0.834. The molecule has 0 radical (unpaired) electrons. The number of para-hydroxylation sites is 1. The van der Waals surface area contributed by atoms with Crippen LogP contribution in [0.25, 0.3) is 5.69 Å². The van der Waals surface area contributed by atoms with E-state index in [0.717, 1.165) is 16.6 Å². The molecule has 0 fully saturated rings. The van der Waals surface area contributed by atoms with Crippen molar-refractivity contribution in [2.24, 2.45) is 0 Å². The minimum absolute atomic E-state index is 0.778. The number of benzene rings is 1. The number of pyridine rings is 1. The van der Waals surface area contributed by atoms with Gasteiger partial charge in [-0.25, -0.2) is 9.67 Å². The fourth-order valence-corrected chi connectivity index (χ4v) is 2.40. The van der Waals surface area contributed by atoms with Crippen LogP contribution in [-0.2, 0) is 5.75 Å². The summed E-state index contributed by atoms with van der Waals surface area (Å²) in [5, 5.41) is 5.23. The first kappa shape index (κ1) is 11.9. The number of rotatable bonds is 4. The zero-order valence-corrected chi connectivity index (χ0v) is 11.0. The third-order valence-corrected chi connectivity index (χ3v) is 3.53. The Hall–Kier alpha value is -2.14. The summed E-state index contributed by atoms with van der Waals surface area (Å²) in [6.07, 6.45) is 5.34. The topological polar surface area (TPSA) is 43.6 Å². The summed E-state index contributed by atoms with van der Waals surface area (Å²) < 4.78 is 1.79. The fourth-order valence-electron chi connectivity index (χ4n) is 1.65. The van der Waals surface area contributed by atoms with Crippen LogP contribution in [0.2, 0.25) is 0 Å². The number of hydrogen-bond donors (Lipinski definition) is 0. The number of hydrogen-bond acceptors (Lipinski definition) is 4. The SMILES string of the molecule is c1ccc(-n2cnc(SCc3ccncc3)n2)cc1. The standard InChI is InChI=1S/C14H12N4S/c1-2-4-13(5-3-1)18-11-16-14(17-18)19-10-12-6-8-15-9-7-12/h1-9,11H,10H2. The van der Waals surface area contributed by atoms with Crippen molar-refractivity contribution in [2.75, 3.05) is 0 Å². The van der Waals surface area contributed by atoms with Crippen LogP contribution in [0.5, 0.6) is 0 Å². The molecule has 0 aliphatic rings. The van der Waals surface area contributed by atoms with Crippen LogP contribution < -0.4 is 0 Å². The summed E-state index contributed by atoms with van der Waals surface area (Å²) in [6, 6.07) is 14.0. The highest BCUT2D eigenvalue weighted by molar-refractivity contribution is 7.98. The van der Waals surface area contributed by atoms with E-state index in [4.69, 9.17) is 0 Å². The lowest BCUT2D eigenvalue weighted by Crippen LogP contribution is -1.93. The molecule has 0 amide bonds. The predicted octanol–water partition coefficient (Wildman–Crippen LogP) is 2.95. The summed E-state index contributed by atoms with van der Waals surface area (Å²) >= 11 is 1.62. The molecule has 0 saturated carbocycles. The molecule has 94 valence electrons. The number of nitrogens with zero attached hydrogens (tertiary/aromatic N) is 4. The summed E-state index contributed by atoms with van der Waals surface area (Å²) in [5.74, 6) is 0.849. The number of thioether (sulfide) groups is 1. The molecule has 19 heavy (non-hydrogen) atoms. The molecule has 3 aromatic rings. The highest BCUT2D eigenvalue weighted by Gasteiger charge is 2.03. The minimum atomic E-state index is 0.778. The fraction of sp³-hybridized carbons (Fsp3) is 0.0714. The van der Waals surface area contributed by atoms with E-state index in [1.165, 1.54) is 5.56 Å². The third-order valence-electron chi connectivity index (χ3n) is 2.61. The highest BCUT2D eigenvalue weighted by atomic mass is 32.2. The lowest BCUT2D eigenvalue weighted by atomic mass is 10.3. The van der Waals surface area contributed by atoms with Crippen molar-refractivity contribution in [2.45, 2.75) is 10.9 Å². The van der Waals surface area contributed by atoms with Gasteiger partial charge in [0.1, 0.15) is 6.33 Å². The molecular weight excluding hydrogens is 256 g/mol. The van der Waals surface area contributed by atoms with E-state index in [0.29, 0.717) is 0 Å². The van der Waals surface area contributed by atoms with E-state index in [2.05, 4.69) is 15.1 Å². The van der Waals surface area contributed by atoms with E-state index in [-0.39, 0.29) is 0 Å². The van der Waals surface area contributed by atoms with Crippen LogP contribution in [0.1, 0.15) is 5.56 Å². The smallest absolute Gasteiger partial charge is 0.209 e. The third kappa shape index (κ3) is 3.00. The Morgan fingerprint density at radius 1 is 1.00 bits per heavy atom. The Balaban J connectivity index is 1.69. The van der Waals surface area contributed by atoms with Crippen LogP contribution in [0.15, 0.2) is 66.3 Å². The molecule has 0 saturated heterocycles. The van der Waals surface area contributed by atoms with E-state index in [9.17, 15) is 0 Å². The summed E-state index contributed by atoms with van der Waals surface area (Å²) in [4.78, 5) is 8.31. The van der Waals surface area contributed by atoms with Gasteiger partial charge >= 0.3 is 0 Å². The Morgan fingerprint density at radius 2 is 1.79 bits per heavy atom. The van der Waals surface area contributed by atoms with Gasteiger partial charge in [0.2, 0.25) is 5.16 Å². The maximum Gasteiger partial charge on any atom is 0.209 e. The largest absolute Gasteiger partial charge is 0.265 e. The molecule has 0 atom stereocenters. The quantitative estimate of drug-likeness (QED) is 0.682. The monoisotopic (exact) mass is 268 g/mol. The van der Waals surface area contributed by atoms with Crippen LogP contribution in [-0.4, -0.2) is 19.7 Å². The number of aromatic nitrogens is 4. The zero-order valence-electron chi connectivity index (χ0n) is 10.2. The van der Waals surface area contributed by atoms with Gasteiger partial charge in [-0.3, -0.25) is 4.98 Å². The maximum absolute atomic E-state index is 4.45. The zero-order chi connectivity index (χ0) is 12.9. The van der Waals surface area contributed by atoms with Crippen molar-refractivity contribution in [1.29, 1.82) is 0 Å². The molecule has 0 aliphatic carbocycles. The van der Waals surface area contributed by atoms with Gasteiger partial charge in [-0.2, -0.15) is 0 Å². The summed E-state index contributed by atoms with van der Waals surface area (Å²) in [6.45, 7) is 0. The first-order valence-corrected chi connectivity index (χ1v) is 6.89.